The normalized spacial score (nSPS) is 11.3. The highest BCUT2D eigenvalue weighted by Crippen LogP contribution is 2.18. The van der Waals surface area contributed by atoms with Gasteiger partial charge in [0.1, 0.15) is 12.4 Å². The smallest absolute Gasteiger partial charge is 0.370 e. The highest BCUT2D eigenvalue weighted by atomic mass is 19.4. The molecule has 118 valence electrons. The standard InChI is InChI=1S/C14H20F3N3O/c1-4-6-18-12-8-10(7-11(5-2)19-12)13(21)20(3)9-14(15,16)17/h7-8H,4-6,9H2,1-3H3,(H,18,19). The monoisotopic (exact) mass is 303 g/mol. The summed E-state index contributed by atoms with van der Waals surface area (Å²) in [6.07, 6.45) is -2.92. The van der Waals surface area contributed by atoms with E-state index < -0.39 is 18.6 Å². The van der Waals surface area contributed by atoms with Gasteiger partial charge < -0.3 is 10.2 Å². The molecule has 21 heavy (non-hydrogen) atoms. The van der Waals surface area contributed by atoms with Crippen molar-refractivity contribution in [3.8, 4) is 0 Å². The van der Waals surface area contributed by atoms with Crippen molar-refractivity contribution >= 4 is 11.7 Å². The van der Waals surface area contributed by atoms with E-state index in [1.165, 1.54) is 12.1 Å². The number of nitrogens with zero attached hydrogens (tertiary/aromatic N) is 2. The van der Waals surface area contributed by atoms with Crippen LogP contribution in [-0.2, 0) is 6.42 Å². The van der Waals surface area contributed by atoms with Crippen molar-refractivity contribution in [2.45, 2.75) is 32.9 Å². The van der Waals surface area contributed by atoms with Crippen LogP contribution in [0.4, 0.5) is 19.0 Å². The Balaban J connectivity index is 2.96. The molecule has 0 aliphatic carbocycles. The maximum atomic E-state index is 12.4. The van der Waals surface area contributed by atoms with Crippen LogP contribution in [0.5, 0.6) is 0 Å². The molecule has 0 aliphatic rings. The van der Waals surface area contributed by atoms with Gasteiger partial charge in [-0.1, -0.05) is 13.8 Å². The number of aromatic nitrogens is 1. The van der Waals surface area contributed by atoms with Crippen LogP contribution in [0.2, 0.25) is 0 Å². The molecular weight excluding hydrogens is 283 g/mol. The van der Waals surface area contributed by atoms with Gasteiger partial charge in [-0.15, -0.1) is 0 Å². The average Bonchev–Trinajstić information content (AvgIpc) is 2.41. The van der Waals surface area contributed by atoms with Gasteiger partial charge in [0.25, 0.3) is 5.91 Å². The third-order valence-corrected chi connectivity index (χ3v) is 2.81. The van der Waals surface area contributed by atoms with Gasteiger partial charge in [0.05, 0.1) is 0 Å². The number of aryl methyl sites for hydroxylation is 1. The van der Waals surface area contributed by atoms with Crippen LogP contribution in [0.3, 0.4) is 0 Å². The lowest BCUT2D eigenvalue weighted by molar-refractivity contribution is -0.138. The van der Waals surface area contributed by atoms with Crippen LogP contribution >= 0.6 is 0 Å². The van der Waals surface area contributed by atoms with Crippen LogP contribution in [0.1, 0.15) is 36.3 Å². The molecule has 1 N–H and O–H groups in total. The highest BCUT2D eigenvalue weighted by molar-refractivity contribution is 5.94. The van der Waals surface area contributed by atoms with Gasteiger partial charge >= 0.3 is 6.18 Å². The van der Waals surface area contributed by atoms with Crippen LogP contribution in [0.25, 0.3) is 0 Å². The summed E-state index contributed by atoms with van der Waals surface area (Å²) in [5.74, 6) is -0.149. The van der Waals surface area contributed by atoms with Gasteiger partial charge in [0.15, 0.2) is 0 Å². The number of anilines is 1. The second-order valence-corrected chi connectivity index (χ2v) is 4.79. The lowest BCUT2D eigenvalue weighted by atomic mass is 10.1. The molecule has 0 atom stereocenters. The Bertz CT molecular complexity index is 489. The fraction of sp³-hybridized carbons (Fsp3) is 0.571. The predicted octanol–water partition coefficient (Wildman–Crippen LogP) is 3.10. The van der Waals surface area contributed by atoms with Crippen molar-refractivity contribution in [1.82, 2.24) is 9.88 Å². The molecule has 0 fully saturated rings. The summed E-state index contributed by atoms with van der Waals surface area (Å²) in [5.41, 5.74) is 0.882. The van der Waals surface area contributed by atoms with Crippen LogP contribution in [-0.4, -0.2) is 42.1 Å². The number of alkyl halides is 3. The molecule has 0 aromatic carbocycles. The molecule has 1 heterocycles. The predicted molar refractivity (Wildman–Crippen MR) is 75.4 cm³/mol. The maximum Gasteiger partial charge on any atom is 0.406 e. The molecule has 1 amide bonds. The van der Waals surface area contributed by atoms with Crippen molar-refractivity contribution < 1.29 is 18.0 Å². The molecule has 0 aliphatic heterocycles. The Morgan fingerprint density at radius 2 is 2.00 bits per heavy atom. The molecule has 7 heteroatoms. The zero-order valence-corrected chi connectivity index (χ0v) is 12.4. The molecule has 1 rings (SSSR count). The van der Waals surface area contributed by atoms with Crippen LogP contribution in [0.15, 0.2) is 12.1 Å². The molecule has 1 aromatic rings. The Morgan fingerprint density at radius 1 is 1.33 bits per heavy atom. The van der Waals surface area contributed by atoms with Gasteiger partial charge in [-0.05, 0) is 25.0 Å². The quantitative estimate of drug-likeness (QED) is 0.878. The summed E-state index contributed by atoms with van der Waals surface area (Å²) in [6.45, 7) is 3.28. The Kier molecular flexibility index (Phi) is 5.99. The second-order valence-electron chi connectivity index (χ2n) is 4.79. The Hall–Kier alpha value is -1.79. The van der Waals surface area contributed by atoms with E-state index in [1.54, 1.807) is 0 Å². The number of pyridine rings is 1. The molecule has 0 unspecified atom stereocenters. The van der Waals surface area contributed by atoms with E-state index in [4.69, 9.17) is 0 Å². The van der Waals surface area contributed by atoms with Gasteiger partial charge in [-0.3, -0.25) is 4.79 Å². The lowest BCUT2D eigenvalue weighted by Crippen LogP contribution is -2.35. The first-order valence-corrected chi connectivity index (χ1v) is 6.83. The highest BCUT2D eigenvalue weighted by Gasteiger charge is 2.31. The van der Waals surface area contributed by atoms with Gasteiger partial charge in [-0.25, -0.2) is 4.98 Å². The van der Waals surface area contributed by atoms with Crippen molar-refractivity contribution in [1.29, 1.82) is 0 Å². The summed E-state index contributed by atoms with van der Waals surface area (Å²) in [5, 5.41) is 3.05. The number of halogens is 3. The van der Waals surface area contributed by atoms with Gasteiger partial charge in [-0.2, -0.15) is 13.2 Å². The topological polar surface area (TPSA) is 45.2 Å². The minimum Gasteiger partial charge on any atom is -0.370 e. The zero-order chi connectivity index (χ0) is 16.0. The number of amides is 1. The summed E-state index contributed by atoms with van der Waals surface area (Å²) in [4.78, 5) is 17.1. The third kappa shape index (κ3) is 5.61. The summed E-state index contributed by atoms with van der Waals surface area (Å²) in [7, 11) is 1.14. The minimum absolute atomic E-state index is 0.215. The molecule has 0 spiro atoms. The zero-order valence-electron chi connectivity index (χ0n) is 12.4. The van der Waals surface area contributed by atoms with Crippen LogP contribution < -0.4 is 5.32 Å². The number of hydrogen-bond acceptors (Lipinski definition) is 3. The molecule has 0 saturated heterocycles. The van der Waals surface area contributed by atoms with E-state index >= 15 is 0 Å². The van der Waals surface area contributed by atoms with E-state index in [0.29, 0.717) is 29.4 Å². The molecule has 0 bridgehead atoms. The number of nitrogens with one attached hydrogen (secondary N) is 1. The van der Waals surface area contributed by atoms with E-state index in [-0.39, 0.29) is 5.56 Å². The number of rotatable bonds is 6. The SMILES string of the molecule is CCCNc1cc(C(=O)N(C)CC(F)(F)F)cc(CC)n1. The van der Waals surface area contributed by atoms with Crippen molar-refractivity contribution in [2.75, 3.05) is 25.5 Å². The van der Waals surface area contributed by atoms with Crippen molar-refractivity contribution in [3.05, 3.63) is 23.4 Å². The molecule has 1 aromatic heterocycles. The summed E-state index contributed by atoms with van der Waals surface area (Å²) < 4.78 is 37.1. The molecule has 0 saturated carbocycles. The largest absolute Gasteiger partial charge is 0.406 e. The number of carbonyl (C=O) groups is 1. The first-order valence-electron chi connectivity index (χ1n) is 6.83. The van der Waals surface area contributed by atoms with E-state index in [0.717, 1.165) is 13.5 Å². The molecular formula is C14H20F3N3O. The summed E-state index contributed by atoms with van der Waals surface area (Å²) in [6, 6.07) is 3.02. The average molecular weight is 303 g/mol. The molecule has 4 nitrogen and oxygen atoms in total. The second kappa shape index (κ2) is 7.28. The van der Waals surface area contributed by atoms with E-state index in [2.05, 4.69) is 10.3 Å². The van der Waals surface area contributed by atoms with Gasteiger partial charge in [0, 0.05) is 24.8 Å². The fourth-order valence-corrected chi connectivity index (χ4v) is 1.80. The number of carbonyl (C=O) groups excluding carboxylic acids is 1. The minimum atomic E-state index is -4.41. The first-order chi connectivity index (χ1) is 9.76. The van der Waals surface area contributed by atoms with Crippen molar-refractivity contribution in [3.63, 3.8) is 0 Å². The van der Waals surface area contributed by atoms with E-state index in [1.807, 2.05) is 13.8 Å². The Labute approximate surface area is 122 Å². The third-order valence-electron chi connectivity index (χ3n) is 2.81. The lowest BCUT2D eigenvalue weighted by Gasteiger charge is -2.19. The summed E-state index contributed by atoms with van der Waals surface area (Å²) >= 11 is 0. The number of hydrogen-bond donors (Lipinski definition) is 1. The fourth-order valence-electron chi connectivity index (χ4n) is 1.80. The van der Waals surface area contributed by atoms with Crippen LogP contribution in [0, 0.1) is 0 Å². The van der Waals surface area contributed by atoms with E-state index in [9.17, 15) is 18.0 Å². The van der Waals surface area contributed by atoms with Crippen molar-refractivity contribution in [2.24, 2.45) is 0 Å². The van der Waals surface area contributed by atoms with Gasteiger partial charge in [0.2, 0.25) is 0 Å². The molecule has 0 radical (unpaired) electrons. The maximum absolute atomic E-state index is 12.4. The first kappa shape index (κ1) is 17.3. The Morgan fingerprint density at radius 3 is 2.52 bits per heavy atom.